The van der Waals surface area contributed by atoms with Crippen molar-refractivity contribution in [2.24, 2.45) is 0 Å². The molecule has 0 unspecified atom stereocenters. The number of hydrogen-bond donors (Lipinski definition) is 1. The molecule has 0 aliphatic carbocycles. The second-order valence-corrected chi connectivity index (χ2v) is 4.62. The summed E-state index contributed by atoms with van der Waals surface area (Å²) >= 11 is 0. The lowest BCUT2D eigenvalue weighted by molar-refractivity contribution is -0.132. The lowest BCUT2D eigenvalue weighted by atomic mass is 10.2. The molecule has 0 radical (unpaired) electrons. The van der Waals surface area contributed by atoms with E-state index in [4.69, 9.17) is 0 Å². The minimum Gasteiger partial charge on any atom is -0.339 e. The van der Waals surface area contributed by atoms with Crippen molar-refractivity contribution in [2.75, 3.05) is 26.2 Å². The molecule has 5 nitrogen and oxygen atoms in total. The average Bonchev–Trinajstić information content (AvgIpc) is 2.82. The van der Waals surface area contributed by atoms with E-state index in [0.29, 0.717) is 6.54 Å². The zero-order valence-corrected chi connectivity index (χ0v) is 11.3. The highest BCUT2D eigenvalue weighted by atomic mass is 16.2. The molecule has 0 bridgehead atoms. The molecule has 0 saturated carbocycles. The molecule has 1 aliphatic rings. The fourth-order valence-electron chi connectivity index (χ4n) is 2.25. The highest BCUT2D eigenvalue weighted by Gasteiger charge is 2.18. The molecule has 0 atom stereocenters. The molecule has 18 heavy (non-hydrogen) atoms. The summed E-state index contributed by atoms with van der Waals surface area (Å²) < 4.78 is 1.86. The summed E-state index contributed by atoms with van der Waals surface area (Å²) in [4.78, 5) is 14.1. The summed E-state index contributed by atoms with van der Waals surface area (Å²) in [5.41, 5.74) is 2.22. The first-order valence-electron chi connectivity index (χ1n) is 6.78. The van der Waals surface area contributed by atoms with Crippen LogP contribution >= 0.6 is 0 Å². The average molecular weight is 250 g/mol. The highest BCUT2D eigenvalue weighted by molar-refractivity contribution is 5.76. The van der Waals surface area contributed by atoms with E-state index in [9.17, 15) is 4.79 Å². The number of amides is 1. The van der Waals surface area contributed by atoms with Crippen molar-refractivity contribution in [1.82, 2.24) is 20.0 Å². The van der Waals surface area contributed by atoms with Gasteiger partial charge in [-0.25, -0.2) is 0 Å². The molecule has 1 fully saturated rings. The maximum Gasteiger partial charge on any atom is 0.244 e. The van der Waals surface area contributed by atoms with E-state index >= 15 is 0 Å². The summed E-state index contributed by atoms with van der Waals surface area (Å²) in [6.45, 7) is 7.97. The van der Waals surface area contributed by atoms with Gasteiger partial charge in [-0.2, -0.15) is 5.10 Å². The van der Waals surface area contributed by atoms with Crippen LogP contribution in [0.25, 0.3) is 0 Å². The zero-order chi connectivity index (χ0) is 13.0. The fraction of sp³-hybridized carbons (Fsp3) is 0.692. The van der Waals surface area contributed by atoms with E-state index in [-0.39, 0.29) is 5.91 Å². The van der Waals surface area contributed by atoms with Gasteiger partial charge in [0, 0.05) is 31.9 Å². The molecule has 1 aromatic heterocycles. The number of aromatic nitrogens is 2. The number of hydrogen-bond acceptors (Lipinski definition) is 3. The Kier molecular flexibility index (Phi) is 4.36. The van der Waals surface area contributed by atoms with Crippen molar-refractivity contribution >= 4 is 5.91 Å². The van der Waals surface area contributed by atoms with E-state index in [0.717, 1.165) is 50.4 Å². The molecule has 2 rings (SSSR count). The minimum absolute atomic E-state index is 0.178. The molecular formula is C13H22N4O. The molecule has 100 valence electrons. The highest BCUT2D eigenvalue weighted by Crippen LogP contribution is 2.07. The van der Waals surface area contributed by atoms with E-state index in [2.05, 4.69) is 30.3 Å². The third-order valence-electron chi connectivity index (χ3n) is 3.39. The van der Waals surface area contributed by atoms with Gasteiger partial charge >= 0.3 is 0 Å². The third kappa shape index (κ3) is 2.90. The molecule has 1 aromatic rings. The summed E-state index contributed by atoms with van der Waals surface area (Å²) in [5, 5.41) is 7.74. The van der Waals surface area contributed by atoms with Crippen LogP contribution in [0.5, 0.6) is 0 Å². The normalized spacial score (nSPS) is 16.0. The molecule has 1 aliphatic heterocycles. The Hall–Kier alpha value is -1.36. The Morgan fingerprint density at radius 3 is 2.67 bits per heavy atom. The predicted molar refractivity (Wildman–Crippen MR) is 70.4 cm³/mol. The van der Waals surface area contributed by atoms with Gasteiger partial charge < -0.3 is 10.2 Å². The van der Waals surface area contributed by atoms with Crippen LogP contribution in [0.4, 0.5) is 0 Å². The first-order valence-corrected chi connectivity index (χ1v) is 6.78. The van der Waals surface area contributed by atoms with Crippen LogP contribution in [-0.4, -0.2) is 46.8 Å². The lowest BCUT2D eigenvalue weighted by Gasteiger charge is -2.27. The van der Waals surface area contributed by atoms with Gasteiger partial charge in [0.15, 0.2) is 0 Å². The fourth-order valence-corrected chi connectivity index (χ4v) is 2.25. The smallest absolute Gasteiger partial charge is 0.244 e. The van der Waals surface area contributed by atoms with Gasteiger partial charge in [0.05, 0.1) is 5.69 Å². The quantitative estimate of drug-likeness (QED) is 0.843. The van der Waals surface area contributed by atoms with Crippen molar-refractivity contribution in [1.29, 1.82) is 0 Å². The molecule has 0 spiro atoms. The molecular weight excluding hydrogens is 228 g/mol. The van der Waals surface area contributed by atoms with Crippen LogP contribution in [0.2, 0.25) is 0 Å². The Morgan fingerprint density at radius 1 is 1.33 bits per heavy atom. The standard InChI is InChI=1S/C13H22N4O/c1-3-11-9-12(4-2)17(15-11)10-13(18)16-7-5-14-6-8-16/h9,14H,3-8,10H2,1-2H3. The van der Waals surface area contributed by atoms with E-state index in [1.807, 2.05) is 9.58 Å². The van der Waals surface area contributed by atoms with Crippen molar-refractivity contribution < 1.29 is 4.79 Å². The molecule has 1 amide bonds. The number of nitrogens with one attached hydrogen (secondary N) is 1. The van der Waals surface area contributed by atoms with Crippen LogP contribution in [0.15, 0.2) is 6.07 Å². The second kappa shape index (κ2) is 6.00. The summed E-state index contributed by atoms with van der Waals surface area (Å²) in [5.74, 6) is 0.178. The molecule has 1 saturated heterocycles. The monoisotopic (exact) mass is 250 g/mol. The van der Waals surface area contributed by atoms with Crippen molar-refractivity contribution in [3.05, 3.63) is 17.5 Å². The minimum atomic E-state index is 0.178. The van der Waals surface area contributed by atoms with Crippen LogP contribution in [0.1, 0.15) is 25.2 Å². The number of rotatable bonds is 4. The number of carbonyl (C=O) groups excluding carboxylic acids is 1. The number of aryl methyl sites for hydroxylation is 2. The summed E-state index contributed by atoms with van der Waals surface area (Å²) in [7, 11) is 0. The van der Waals surface area contributed by atoms with Crippen LogP contribution in [-0.2, 0) is 24.2 Å². The van der Waals surface area contributed by atoms with Gasteiger partial charge in [-0.3, -0.25) is 9.48 Å². The van der Waals surface area contributed by atoms with Crippen LogP contribution < -0.4 is 5.32 Å². The Labute approximate surface area is 108 Å². The van der Waals surface area contributed by atoms with Crippen molar-refractivity contribution in [2.45, 2.75) is 33.2 Å². The molecule has 2 heterocycles. The first kappa shape index (κ1) is 13.1. The van der Waals surface area contributed by atoms with E-state index in [1.54, 1.807) is 0 Å². The van der Waals surface area contributed by atoms with Gasteiger partial charge in [-0.15, -0.1) is 0 Å². The lowest BCUT2D eigenvalue weighted by Crippen LogP contribution is -2.47. The SMILES string of the molecule is CCc1cc(CC)n(CC(=O)N2CCNCC2)n1. The number of piperazine rings is 1. The van der Waals surface area contributed by atoms with Gasteiger partial charge in [0.1, 0.15) is 6.54 Å². The second-order valence-electron chi connectivity index (χ2n) is 4.62. The van der Waals surface area contributed by atoms with Gasteiger partial charge in [-0.1, -0.05) is 13.8 Å². The van der Waals surface area contributed by atoms with E-state index < -0.39 is 0 Å². The van der Waals surface area contributed by atoms with E-state index in [1.165, 1.54) is 0 Å². The van der Waals surface area contributed by atoms with Gasteiger partial charge in [-0.05, 0) is 18.9 Å². The largest absolute Gasteiger partial charge is 0.339 e. The first-order chi connectivity index (χ1) is 8.74. The Bertz CT molecular complexity index is 407. The van der Waals surface area contributed by atoms with Gasteiger partial charge in [0.25, 0.3) is 0 Å². The predicted octanol–water partition coefficient (Wildman–Crippen LogP) is 0.440. The van der Waals surface area contributed by atoms with Crippen LogP contribution in [0.3, 0.4) is 0 Å². The summed E-state index contributed by atoms with van der Waals surface area (Å²) in [6, 6.07) is 2.10. The number of carbonyl (C=O) groups is 1. The van der Waals surface area contributed by atoms with Crippen molar-refractivity contribution in [3.8, 4) is 0 Å². The Morgan fingerprint density at radius 2 is 2.06 bits per heavy atom. The molecule has 5 heteroatoms. The van der Waals surface area contributed by atoms with Crippen LogP contribution in [0, 0.1) is 0 Å². The van der Waals surface area contributed by atoms with Crippen molar-refractivity contribution in [3.63, 3.8) is 0 Å². The summed E-state index contributed by atoms with van der Waals surface area (Å²) in [6.07, 6.45) is 1.84. The maximum absolute atomic E-state index is 12.2. The van der Waals surface area contributed by atoms with Gasteiger partial charge in [0.2, 0.25) is 5.91 Å². The molecule has 0 aromatic carbocycles. The Balaban J connectivity index is 2.03. The maximum atomic E-state index is 12.2. The molecule has 1 N–H and O–H groups in total. The zero-order valence-electron chi connectivity index (χ0n) is 11.3. The third-order valence-corrected chi connectivity index (χ3v) is 3.39. The number of nitrogens with zero attached hydrogens (tertiary/aromatic N) is 3. The topological polar surface area (TPSA) is 50.2 Å².